The zero-order valence-corrected chi connectivity index (χ0v) is 5.62. The summed E-state index contributed by atoms with van der Waals surface area (Å²) in [6.45, 7) is 0. The minimum absolute atomic E-state index is 0.681. The number of hydrogen-bond acceptors (Lipinski definition) is 2. The molecule has 56 valence electrons. The molecule has 0 aliphatic heterocycles. The zero-order valence-electron chi connectivity index (χ0n) is 5.62. The summed E-state index contributed by atoms with van der Waals surface area (Å²) in [6.07, 6.45) is 4.35. The van der Waals surface area contributed by atoms with E-state index in [9.17, 15) is 4.39 Å². The van der Waals surface area contributed by atoms with Crippen LogP contribution in [-0.4, -0.2) is 24.2 Å². The van der Waals surface area contributed by atoms with Crippen LogP contribution in [0.1, 0.15) is 0 Å². The molecule has 0 unspecified atom stereocenters. The minimum atomic E-state index is -1.82. The Bertz CT molecular complexity index is 160. The average Bonchev–Trinajstić information content (AvgIpc) is 1.96. The molecule has 3 heteroatoms. The number of ether oxygens (including phenoxy) is 1. The van der Waals surface area contributed by atoms with E-state index in [0.29, 0.717) is 0 Å². The highest BCUT2D eigenvalue weighted by atomic mass is 19.2. The molecule has 0 aromatic rings. The molecule has 1 N–H and O–H groups in total. The van der Waals surface area contributed by atoms with Crippen LogP contribution in [0.2, 0.25) is 0 Å². The van der Waals surface area contributed by atoms with E-state index >= 15 is 0 Å². The maximum absolute atomic E-state index is 13.0. The first-order valence-corrected chi connectivity index (χ1v) is 2.97. The maximum atomic E-state index is 13.0. The molecule has 0 heterocycles. The molecule has 1 rings (SSSR count). The Hall–Kier alpha value is -0.670. The fraction of sp³-hybridized carbons (Fsp3) is 0.429. The predicted molar refractivity (Wildman–Crippen MR) is 35.1 cm³/mol. The number of aliphatic hydroxyl groups is 1. The molecule has 10 heavy (non-hydrogen) atoms. The summed E-state index contributed by atoms with van der Waals surface area (Å²) < 4.78 is 17.4. The van der Waals surface area contributed by atoms with Gasteiger partial charge in [0, 0.05) is 7.11 Å². The third kappa shape index (κ3) is 1.43. The van der Waals surface area contributed by atoms with Crippen molar-refractivity contribution < 1.29 is 14.2 Å². The summed E-state index contributed by atoms with van der Waals surface area (Å²) >= 11 is 0. The van der Waals surface area contributed by atoms with Crippen LogP contribution in [0.5, 0.6) is 0 Å². The van der Waals surface area contributed by atoms with Crippen LogP contribution < -0.4 is 0 Å². The molecule has 1 aliphatic carbocycles. The van der Waals surface area contributed by atoms with Crippen molar-refractivity contribution in [2.24, 2.45) is 0 Å². The molecular formula is C7H9FO2. The number of alkyl halides is 1. The fourth-order valence-electron chi connectivity index (χ4n) is 0.715. The summed E-state index contributed by atoms with van der Waals surface area (Å²) in [5, 5.41) is 8.84. The molecule has 0 spiro atoms. The van der Waals surface area contributed by atoms with E-state index in [-0.39, 0.29) is 0 Å². The Labute approximate surface area is 58.6 Å². The van der Waals surface area contributed by atoms with Gasteiger partial charge in [0.05, 0.1) is 6.10 Å². The minimum Gasteiger partial charge on any atom is -0.385 e. The second-order valence-electron chi connectivity index (χ2n) is 2.11. The lowest BCUT2D eigenvalue weighted by atomic mass is 10.1. The van der Waals surface area contributed by atoms with Crippen molar-refractivity contribution in [3.8, 4) is 0 Å². The number of rotatable bonds is 1. The van der Waals surface area contributed by atoms with Gasteiger partial charge in [0.1, 0.15) is 0 Å². The van der Waals surface area contributed by atoms with Gasteiger partial charge in [-0.3, -0.25) is 0 Å². The Morgan fingerprint density at radius 2 is 2.00 bits per heavy atom. The Morgan fingerprint density at radius 1 is 1.50 bits per heavy atom. The van der Waals surface area contributed by atoms with E-state index in [4.69, 9.17) is 5.11 Å². The van der Waals surface area contributed by atoms with Crippen LogP contribution in [0.3, 0.4) is 0 Å². The number of hydrogen-bond donors (Lipinski definition) is 1. The van der Waals surface area contributed by atoms with Crippen molar-refractivity contribution in [2.45, 2.75) is 12.0 Å². The molecule has 0 amide bonds. The van der Waals surface area contributed by atoms with Crippen LogP contribution in [-0.2, 0) is 4.74 Å². The number of methoxy groups -OCH3 is 1. The highest BCUT2D eigenvalue weighted by Gasteiger charge is 2.24. The van der Waals surface area contributed by atoms with Crippen LogP contribution in [0.15, 0.2) is 24.3 Å². The lowest BCUT2D eigenvalue weighted by Crippen LogP contribution is -2.23. The molecule has 0 bridgehead atoms. The van der Waals surface area contributed by atoms with Gasteiger partial charge in [0.25, 0.3) is 0 Å². The third-order valence-corrected chi connectivity index (χ3v) is 1.35. The van der Waals surface area contributed by atoms with E-state index in [0.717, 1.165) is 0 Å². The molecule has 1 aliphatic rings. The smallest absolute Gasteiger partial charge is 0.247 e. The monoisotopic (exact) mass is 144 g/mol. The normalized spacial score (nSPS) is 38.5. The molecule has 0 aromatic carbocycles. The number of aliphatic hydroxyl groups excluding tert-OH is 1. The first kappa shape index (κ1) is 7.44. The van der Waals surface area contributed by atoms with E-state index in [1.54, 1.807) is 0 Å². The fourth-order valence-corrected chi connectivity index (χ4v) is 0.715. The SMILES string of the molecule is COC1(F)C=CC(O)C=C1. The molecule has 0 fully saturated rings. The molecule has 0 saturated heterocycles. The van der Waals surface area contributed by atoms with Crippen molar-refractivity contribution in [1.29, 1.82) is 0 Å². The van der Waals surface area contributed by atoms with Gasteiger partial charge >= 0.3 is 0 Å². The second-order valence-corrected chi connectivity index (χ2v) is 2.11. The van der Waals surface area contributed by atoms with Gasteiger partial charge in [0.15, 0.2) is 0 Å². The molecule has 0 saturated carbocycles. The van der Waals surface area contributed by atoms with Crippen LogP contribution in [0, 0.1) is 0 Å². The summed E-state index contributed by atoms with van der Waals surface area (Å²) in [7, 11) is 1.27. The molecular weight excluding hydrogens is 135 g/mol. The van der Waals surface area contributed by atoms with E-state index in [1.807, 2.05) is 0 Å². The van der Waals surface area contributed by atoms with Gasteiger partial charge in [-0.25, -0.2) is 4.39 Å². The largest absolute Gasteiger partial charge is 0.385 e. The quantitative estimate of drug-likeness (QED) is 0.551. The molecule has 0 aromatic heterocycles. The van der Waals surface area contributed by atoms with Gasteiger partial charge in [-0.1, -0.05) is 12.2 Å². The van der Waals surface area contributed by atoms with Crippen molar-refractivity contribution >= 4 is 0 Å². The van der Waals surface area contributed by atoms with E-state index < -0.39 is 12.0 Å². The van der Waals surface area contributed by atoms with Crippen molar-refractivity contribution in [3.05, 3.63) is 24.3 Å². The van der Waals surface area contributed by atoms with Gasteiger partial charge in [-0.05, 0) is 12.2 Å². The second kappa shape index (κ2) is 2.52. The third-order valence-electron chi connectivity index (χ3n) is 1.35. The standard InChI is InChI=1S/C7H9FO2/c1-10-7(8)4-2-6(9)3-5-7/h2-6,9H,1H3. The van der Waals surface area contributed by atoms with Crippen LogP contribution >= 0.6 is 0 Å². The first-order chi connectivity index (χ1) is 4.66. The maximum Gasteiger partial charge on any atom is 0.247 e. The zero-order chi connectivity index (χ0) is 7.61. The van der Waals surface area contributed by atoms with Crippen molar-refractivity contribution in [2.75, 3.05) is 7.11 Å². The Balaban J connectivity index is 2.69. The first-order valence-electron chi connectivity index (χ1n) is 2.97. The summed E-state index contributed by atoms with van der Waals surface area (Å²) in [6, 6.07) is 0. The van der Waals surface area contributed by atoms with Crippen LogP contribution in [0.4, 0.5) is 4.39 Å². The molecule has 2 nitrogen and oxygen atoms in total. The Kier molecular flexibility index (Phi) is 1.87. The van der Waals surface area contributed by atoms with Crippen LogP contribution in [0.25, 0.3) is 0 Å². The molecule has 0 atom stereocenters. The van der Waals surface area contributed by atoms with Gasteiger partial charge in [-0.15, -0.1) is 0 Å². The highest BCUT2D eigenvalue weighted by molar-refractivity contribution is 5.19. The van der Waals surface area contributed by atoms with Crippen molar-refractivity contribution in [3.63, 3.8) is 0 Å². The van der Waals surface area contributed by atoms with Gasteiger partial charge in [-0.2, -0.15) is 0 Å². The topological polar surface area (TPSA) is 29.5 Å². The van der Waals surface area contributed by atoms with E-state index in [1.165, 1.54) is 31.4 Å². The summed E-state index contributed by atoms with van der Waals surface area (Å²) in [5.74, 6) is -1.82. The summed E-state index contributed by atoms with van der Waals surface area (Å²) in [5.41, 5.74) is 0. The van der Waals surface area contributed by atoms with Crippen molar-refractivity contribution in [1.82, 2.24) is 0 Å². The Morgan fingerprint density at radius 3 is 2.40 bits per heavy atom. The van der Waals surface area contributed by atoms with E-state index in [2.05, 4.69) is 4.74 Å². The predicted octanol–water partition coefficient (Wildman–Crippen LogP) is 0.785. The van der Waals surface area contributed by atoms with Gasteiger partial charge in [0.2, 0.25) is 5.85 Å². The number of halogens is 1. The molecule has 0 radical (unpaired) electrons. The lowest BCUT2D eigenvalue weighted by molar-refractivity contribution is -0.0398. The highest BCUT2D eigenvalue weighted by Crippen LogP contribution is 2.20. The summed E-state index contributed by atoms with van der Waals surface area (Å²) in [4.78, 5) is 0. The lowest BCUT2D eigenvalue weighted by Gasteiger charge is -2.18. The average molecular weight is 144 g/mol. The van der Waals surface area contributed by atoms with Gasteiger partial charge < -0.3 is 9.84 Å².